The number of rotatable bonds is 3. The number of fused-ring (bicyclic) bond motifs is 1. The Labute approximate surface area is 150 Å². The molecule has 0 amide bonds. The maximum absolute atomic E-state index is 10.2. The maximum atomic E-state index is 10.2. The van der Waals surface area contributed by atoms with Gasteiger partial charge in [0, 0.05) is 6.42 Å². The Balaban J connectivity index is 1.82. The van der Waals surface area contributed by atoms with Gasteiger partial charge in [0.15, 0.2) is 0 Å². The molecule has 0 unspecified atom stereocenters. The van der Waals surface area contributed by atoms with Crippen molar-refractivity contribution in [2.45, 2.75) is 70.2 Å². The minimum atomic E-state index is -0.652. The molecule has 140 valence electrons. The second-order valence-corrected chi connectivity index (χ2v) is 8.41. The third-order valence-electron chi connectivity index (χ3n) is 6.95. The SMILES string of the molecule is C=C1C(=CC=C2CCC[C@]3(C)[C@@H]([C@@H](O)CO)CC[C@@H]23)C[C@@H](O)C[C@@H]1O. The van der Waals surface area contributed by atoms with Gasteiger partial charge in [0.2, 0.25) is 0 Å². The molecule has 3 rings (SSSR count). The van der Waals surface area contributed by atoms with Gasteiger partial charge in [0.25, 0.3) is 0 Å². The summed E-state index contributed by atoms with van der Waals surface area (Å²) in [4.78, 5) is 0. The van der Waals surface area contributed by atoms with Crippen LogP contribution >= 0.6 is 0 Å². The largest absolute Gasteiger partial charge is 0.394 e. The average Bonchev–Trinajstić information content (AvgIpc) is 2.93. The molecule has 0 bridgehead atoms. The zero-order chi connectivity index (χ0) is 18.2. The van der Waals surface area contributed by atoms with Crippen molar-refractivity contribution < 1.29 is 20.4 Å². The van der Waals surface area contributed by atoms with E-state index < -0.39 is 18.3 Å². The van der Waals surface area contributed by atoms with E-state index in [4.69, 9.17) is 0 Å². The summed E-state index contributed by atoms with van der Waals surface area (Å²) in [6.07, 6.45) is 8.60. The van der Waals surface area contributed by atoms with Crippen molar-refractivity contribution in [1.82, 2.24) is 0 Å². The third-order valence-corrected chi connectivity index (χ3v) is 6.95. The predicted octanol–water partition coefficient (Wildman–Crippen LogP) is 2.48. The molecular formula is C21H32O4. The van der Waals surface area contributed by atoms with Gasteiger partial charge in [-0.2, -0.15) is 0 Å². The maximum Gasteiger partial charge on any atom is 0.0811 e. The Morgan fingerprint density at radius 1 is 1.28 bits per heavy atom. The quantitative estimate of drug-likeness (QED) is 0.632. The lowest BCUT2D eigenvalue weighted by molar-refractivity contribution is -0.0125. The van der Waals surface area contributed by atoms with Gasteiger partial charge in [-0.25, -0.2) is 0 Å². The van der Waals surface area contributed by atoms with Gasteiger partial charge in [-0.15, -0.1) is 0 Å². The molecule has 0 aromatic heterocycles. The molecule has 3 aliphatic rings. The summed E-state index contributed by atoms with van der Waals surface area (Å²) in [5.74, 6) is 0.600. The van der Waals surface area contributed by atoms with E-state index in [9.17, 15) is 20.4 Å². The number of aliphatic hydroxyl groups excluding tert-OH is 4. The van der Waals surface area contributed by atoms with Crippen molar-refractivity contribution in [3.63, 3.8) is 0 Å². The average molecular weight is 348 g/mol. The van der Waals surface area contributed by atoms with Crippen LogP contribution in [-0.2, 0) is 0 Å². The number of aliphatic hydroxyl groups is 4. The van der Waals surface area contributed by atoms with Crippen LogP contribution in [0.25, 0.3) is 0 Å². The third kappa shape index (κ3) is 3.50. The van der Waals surface area contributed by atoms with Crippen LogP contribution < -0.4 is 0 Å². The Bertz CT molecular complexity index is 578. The zero-order valence-corrected chi connectivity index (χ0v) is 15.2. The van der Waals surface area contributed by atoms with Crippen LogP contribution in [0.4, 0.5) is 0 Å². The Morgan fingerprint density at radius 2 is 2.04 bits per heavy atom. The highest BCUT2D eigenvalue weighted by Crippen LogP contribution is 2.58. The van der Waals surface area contributed by atoms with Crippen molar-refractivity contribution in [1.29, 1.82) is 0 Å². The van der Waals surface area contributed by atoms with E-state index in [1.165, 1.54) is 5.57 Å². The van der Waals surface area contributed by atoms with Crippen LogP contribution in [0.5, 0.6) is 0 Å². The highest BCUT2D eigenvalue weighted by Gasteiger charge is 2.51. The van der Waals surface area contributed by atoms with Gasteiger partial charge in [-0.1, -0.05) is 31.2 Å². The Hall–Kier alpha value is -0.940. The first-order chi connectivity index (χ1) is 11.9. The summed E-state index contributed by atoms with van der Waals surface area (Å²) >= 11 is 0. The molecule has 0 saturated heterocycles. The molecule has 25 heavy (non-hydrogen) atoms. The van der Waals surface area contributed by atoms with Gasteiger partial charge in [0.05, 0.1) is 24.9 Å². The molecule has 3 saturated carbocycles. The topological polar surface area (TPSA) is 80.9 Å². The lowest BCUT2D eigenvalue weighted by Crippen LogP contribution is -2.40. The molecule has 4 nitrogen and oxygen atoms in total. The monoisotopic (exact) mass is 348 g/mol. The summed E-state index contributed by atoms with van der Waals surface area (Å²) in [6, 6.07) is 0. The minimum Gasteiger partial charge on any atom is -0.394 e. The van der Waals surface area contributed by atoms with Gasteiger partial charge in [0.1, 0.15) is 0 Å². The van der Waals surface area contributed by atoms with Crippen LogP contribution in [0.1, 0.15) is 51.9 Å². The van der Waals surface area contributed by atoms with Crippen LogP contribution in [0.2, 0.25) is 0 Å². The lowest BCUT2D eigenvalue weighted by Gasteiger charge is -2.43. The van der Waals surface area contributed by atoms with Gasteiger partial charge in [-0.3, -0.25) is 0 Å². The smallest absolute Gasteiger partial charge is 0.0811 e. The van der Waals surface area contributed by atoms with Crippen molar-refractivity contribution in [2.24, 2.45) is 17.3 Å². The minimum absolute atomic E-state index is 0.0489. The molecule has 3 fully saturated rings. The van der Waals surface area contributed by atoms with Crippen LogP contribution in [0.3, 0.4) is 0 Å². The van der Waals surface area contributed by atoms with Crippen molar-refractivity contribution in [3.8, 4) is 0 Å². The highest BCUT2D eigenvalue weighted by molar-refractivity contribution is 5.38. The van der Waals surface area contributed by atoms with E-state index in [2.05, 4.69) is 19.6 Å². The summed E-state index contributed by atoms with van der Waals surface area (Å²) < 4.78 is 0. The van der Waals surface area contributed by atoms with E-state index >= 15 is 0 Å². The van der Waals surface area contributed by atoms with Crippen LogP contribution in [0, 0.1) is 17.3 Å². The molecule has 0 spiro atoms. The fraction of sp³-hybridized carbons (Fsp3) is 0.714. The Kier molecular flexibility index (Phi) is 5.54. The predicted molar refractivity (Wildman–Crippen MR) is 97.8 cm³/mol. The van der Waals surface area contributed by atoms with Crippen LogP contribution in [0.15, 0.2) is 35.5 Å². The molecule has 0 radical (unpaired) electrons. The second-order valence-electron chi connectivity index (χ2n) is 8.41. The summed E-state index contributed by atoms with van der Waals surface area (Å²) in [7, 11) is 0. The van der Waals surface area contributed by atoms with Gasteiger partial charge in [-0.05, 0) is 66.9 Å². The first kappa shape index (κ1) is 18.8. The van der Waals surface area contributed by atoms with E-state index in [0.29, 0.717) is 18.8 Å². The van der Waals surface area contributed by atoms with Crippen molar-refractivity contribution in [3.05, 3.63) is 35.5 Å². The normalized spacial score (nSPS) is 43.5. The molecule has 4 N–H and O–H groups in total. The molecule has 6 atom stereocenters. The molecule has 0 aromatic rings. The number of allylic oxidation sites excluding steroid dienone is 3. The fourth-order valence-electron chi connectivity index (χ4n) is 5.50. The van der Waals surface area contributed by atoms with Gasteiger partial charge < -0.3 is 20.4 Å². The molecule has 3 aliphatic carbocycles. The van der Waals surface area contributed by atoms with Crippen LogP contribution in [-0.4, -0.2) is 45.3 Å². The standard InChI is InChI=1S/C21H32O4/c1-13-15(10-16(23)11-19(13)24)6-5-14-4-3-9-21(2)17(14)7-8-18(21)20(25)12-22/h5-6,16-20,22-25H,1,3-4,7-12H2,2H3/t16-,17+,18-,19+,20+,21+/m1/s1. The molecule has 0 heterocycles. The Morgan fingerprint density at radius 3 is 2.76 bits per heavy atom. The molecule has 0 aromatic carbocycles. The van der Waals surface area contributed by atoms with E-state index in [0.717, 1.165) is 43.3 Å². The molecule has 0 aliphatic heterocycles. The van der Waals surface area contributed by atoms with Crippen molar-refractivity contribution in [2.75, 3.05) is 6.61 Å². The van der Waals surface area contributed by atoms with E-state index in [1.807, 2.05) is 6.08 Å². The van der Waals surface area contributed by atoms with E-state index in [-0.39, 0.29) is 17.9 Å². The second kappa shape index (κ2) is 7.36. The summed E-state index contributed by atoms with van der Waals surface area (Å²) in [5, 5.41) is 39.5. The van der Waals surface area contributed by atoms with E-state index in [1.54, 1.807) is 0 Å². The van der Waals surface area contributed by atoms with Crippen molar-refractivity contribution >= 4 is 0 Å². The first-order valence-corrected chi connectivity index (χ1v) is 9.60. The highest BCUT2D eigenvalue weighted by atomic mass is 16.3. The molecular weight excluding hydrogens is 316 g/mol. The van der Waals surface area contributed by atoms with Gasteiger partial charge >= 0.3 is 0 Å². The summed E-state index contributed by atoms with van der Waals surface area (Å²) in [5.41, 5.74) is 3.11. The first-order valence-electron chi connectivity index (χ1n) is 9.60. The number of hydrogen-bond acceptors (Lipinski definition) is 4. The summed E-state index contributed by atoms with van der Waals surface area (Å²) in [6.45, 7) is 6.09. The fourth-order valence-corrected chi connectivity index (χ4v) is 5.50. The number of hydrogen-bond donors (Lipinski definition) is 4. The molecule has 4 heteroatoms. The zero-order valence-electron chi connectivity index (χ0n) is 15.2. The lowest BCUT2D eigenvalue weighted by atomic mass is 9.62.